The van der Waals surface area contributed by atoms with E-state index >= 15 is 0 Å². The fraction of sp³-hybridized carbons (Fsp3) is 0.364. The first-order chi connectivity index (χ1) is 14.1. The van der Waals surface area contributed by atoms with Crippen molar-refractivity contribution in [1.82, 2.24) is 4.90 Å². The number of aliphatic hydroxyl groups excluding tert-OH is 1. The molecular formula is C22H23NO6. The van der Waals surface area contributed by atoms with Gasteiger partial charge in [-0.25, -0.2) is 0 Å². The van der Waals surface area contributed by atoms with E-state index in [1.165, 1.54) is 6.07 Å². The lowest BCUT2D eigenvalue weighted by Gasteiger charge is -2.26. The summed E-state index contributed by atoms with van der Waals surface area (Å²) in [4.78, 5) is 28.3. The number of hydrogen-bond acceptors (Lipinski definition) is 7. The number of ether oxygens (including phenoxy) is 2. The molecule has 0 radical (unpaired) electrons. The zero-order chi connectivity index (χ0) is 20.4. The summed E-state index contributed by atoms with van der Waals surface area (Å²) in [5.74, 6) is -0.952. The first kappa shape index (κ1) is 19.6. The van der Waals surface area contributed by atoms with Crippen LogP contribution in [0.15, 0.2) is 30.3 Å². The molecule has 1 fully saturated rings. The van der Waals surface area contributed by atoms with E-state index in [9.17, 15) is 19.8 Å². The van der Waals surface area contributed by atoms with E-state index in [2.05, 4.69) is 4.90 Å². The number of fused-ring (bicyclic) bond motifs is 2. The van der Waals surface area contributed by atoms with Crippen LogP contribution in [0, 0.1) is 0 Å². The highest BCUT2D eigenvalue weighted by Crippen LogP contribution is 2.40. The zero-order valence-corrected chi connectivity index (χ0v) is 16.0. The van der Waals surface area contributed by atoms with Crippen LogP contribution in [0.3, 0.4) is 0 Å². The number of nitrogens with zero attached hydrogens (tertiary/aromatic N) is 1. The molecule has 0 saturated carbocycles. The summed E-state index contributed by atoms with van der Waals surface area (Å²) in [6.45, 7) is 3.94. The molecule has 1 aliphatic heterocycles. The molecule has 2 aliphatic rings. The maximum Gasteiger partial charge on any atom is 0.198 e. The molecule has 152 valence electrons. The number of rotatable bonds is 6. The smallest absolute Gasteiger partial charge is 0.198 e. The minimum Gasteiger partial charge on any atom is -0.507 e. The number of carbonyl (C=O) groups is 2. The summed E-state index contributed by atoms with van der Waals surface area (Å²) < 4.78 is 11.2. The molecule has 7 nitrogen and oxygen atoms in total. The van der Waals surface area contributed by atoms with Gasteiger partial charge in [0.05, 0.1) is 37.6 Å². The van der Waals surface area contributed by atoms with Crippen molar-refractivity contribution in [1.29, 1.82) is 0 Å². The van der Waals surface area contributed by atoms with Gasteiger partial charge < -0.3 is 19.7 Å². The fourth-order valence-electron chi connectivity index (χ4n) is 3.83. The Balaban J connectivity index is 1.61. The SMILES string of the molecule is O=C1c2ccccc2C(=O)c2c(O)c(CO)cc(OCCCN3CCOCC3)c21. The average Bonchev–Trinajstić information content (AvgIpc) is 2.76. The minimum atomic E-state index is -0.466. The molecule has 0 atom stereocenters. The molecule has 0 amide bonds. The van der Waals surface area contributed by atoms with Crippen molar-refractivity contribution in [2.45, 2.75) is 13.0 Å². The molecule has 4 rings (SSSR count). The molecule has 0 bridgehead atoms. The van der Waals surface area contributed by atoms with Gasteiger partial charge >= 0.3 is 0 Å². The number of carbonyl (C=O) groups excluding carboxylic acids is 2. The predicted molar refractivity (Wildman–Crippen MR) is 105 cm³/mol. The Kier molecular flexibility index (Phi) is 5.62. The van der Waals surface area contributed by atoms with E-state index in [4.69, 9.17) is 9.47 Å². The molecule has 2 aromatic rings. The van der Waals surface area contributed by atoms with Gasteiger partial charge in [-0.3, -0.25) is 14.5 Å². The lowest BCUT2D eigenvalue weighted by molar-refractivity contribution is 0.0357. The Morgan fingerprint density at radius 2 is 1.69 bits per heavy atom. The van der Waals surface area contributed by atoms with Crippen molar-refractivity contribution in [3.05, 3.63) is 58.1 Å². The maximum atomic E-state index is 13.1. The number of morpholine rings is 1. The van der Waals surface area contributed by atoms with Crippen molar-refractivity contribution < 1.29 is 29.3 Å². The van der Waals surface area contributed by atoms with Gasteiger partial charge in [-0.2, -0.15) is 0 Å². The van der Waals surface area contributed by atoms with E-state index in [-0.39, 0.29) is 39.5 Å². The molecule has 0 spiro atoms. The molecule has 0 aromatic heterocycles. The van der Waals surface area contributed by atoms with Gasteiger partial charge in [-0.1, -0.05) is 24.3 Å². The van der Waals surface area contributed by atoms with E-state index in [0.717, 1.165) is 39.3 Å². The summed E-state index contributed by atoms with van der Waals surface area (Å²) in [7, 11) is 0. The van der Waals surface area contributed by atoms with Gasteiger partial charge in [0, 0.05) is 36.3 Å². The van der Waals surface area contributed by atoms with Crippen LogP contribution in [0.4, 0.5) is 0 Å². The summed E-state index contributed by atoms with van der Waals surface area (Å²) in [5.41, 5.74) is 0.665. The van der Waals surface area contributed by atoms with E-state index in [1.54, 1.807) is 24.3 Å². The first-order valence-corrected chi connectivity index (χ1v) is 9.73. The molecular weight excluding hydrogens is 374 g/mol. The summed E-state index contributed by atoms with van der Waals surface area (Å²) in [6, 6.07) is 7.97. The second-order valence-corrected chi connectivity index (χ2v) is 7.15. The van der Waals surface area contributed by atoms with E-state index in [0.29, 0.717) is 12.2 Å². The largest absolute Gasteiger partial charge is 0.507 e. The second-order valence-electron chi connectivity index (χ2n) is 7.15. The van der Waals surface area contributed by atoms with Crippen LogP contribution >= 0.6 is 0 Å². The molecule has 7 heteroatoms. The van der Waals surface area contributed by atoms with Crippen molar-refractivity contribution in [2.75, 3.05) is 39.5 Å². The Morgan fingerprint density at radius 1 is 1.03 bits per heavy atom. The number of aliphatic hydroxyl groups is 1. The van der Waals surface area contributed by atoms with Gasteiger partial charge in [0.2, 0.25) is 0 Å². The van der Waals surface area contributed by atoms with Crippen LogP contribution in [-0.2, 0) is 11.3 Å². The third kappa shape index (κ3) is 3.64. The van der Waals surface area contributed by atoms with Crippen LogP contribution in [0.5, 0.6) is 11.5 Å². The molecule has 0 unspecified atom stereocenters. The lowest BCUT2D eigenvalue weighted by Crippen LogP contribution is -2.37. The summed E-state index contributed by atoms with van der Waals surface area (Å²) in [6.07, 6.45) is 0.739. The second kappa shape index (κ2) is 8.32. The van der Waals surface area contributed by atoms with E-state index in [1.807, 2.05) is 0 Å². The number of ketones is 2. The van der Waals surface area contributed by atoms with Gasteiger partial charge in [-0.05, 0) is 12.5 Å². The van der Waals surface area contributed by atoms with Crippen LogP contribution in [0.2, 0.25) is 0 Å². The van der Waals surface area contributed by atoms with Crippen LogP contribution in [-0.4, -0.2) is 66.1 Å². The number of aromatic hydroxyl groups is 1. The summed E-state index contributed by atoms with van der Waals surface area (Å²) in [5, 5.41) is 20.1. The van der Waals surface area contributed by atoms with Gasteiger partial charge in [0.15, 0.2) is 11.6 Å². The normalized spacial score (nSPS) is 16.4. The molecule has 1 saturated heterocycles. The third-order valence-electron chi connectivity index (χ3n) is 5.36. The van der Waals surface area contributed by atoms with Crippen LogP contribution in [0.1, 0.15) is 43.8 Å². The quantitative estimate of drug-likeness (QED) is 0.612. The van der Waals surface area contributed by atoms with Crippen LogP contribution < -0.4 is 4.74 Å². The van der Waals surface area contributed by atoms with Crippen molar-refractivity contribution in [3.8, 4) is 11.5 Å². The number of phenols is 1. The summed E-state index contributed by atoms with van der Waals surface area (Å²) >= 11 is 0. The monoisotopic (exact) mass is 397 g/mol. The van der Waals surface area contributed by atoms with Crippen molar-refractivity contribution in [2.24, 2.45) is 0 Å². The standard InChI is InChI=1S/C22H23NO6/c24-13-14-12-17(29-9-3-6-23-7-10-28-11-8-23)18-19(20(14)25)22(27)16-5-2-1-4-15(16)21(18)26/h1-2,4-5,12,24-25H,3,6-11,13H2. The van der Waals surface area contributed by atoms with Crippen molar-refractivity contribution in [3.63, 3.8) is 0 Å². The molecule has 2 N–H and O–H groups in total. The fourth-order valence-corrected chi connectivity index (χ4v) is 3.83. The Bertz CT molecular complexity index is 949. The minimum absolute atomic E-state index is 0.0646. The highest BCUT2D eigenvalue weighted by atomic mass is 16.5. The highest BCUT2D eigenvalue weighted by Gasteiger charge is 2.35. The molecule has 1 heterocycles. The van der Waals surface area contributed by atoms with Crippen LogP contribution in [0.25, 0.3) is 0 Å². The topological polar surface area (TPSA) is 96.3 Å². The van der Waals surface area contributed by atoms with E-state index < -0.39 is 12.4 Å². The van der Waals surface area contributed by atoms with Gasteiger partial charge in [0.25, 0.3) is 0 Å². The first-order valence-electron chi connectivity index (χ1n) is 9.73. The predicted octanol–water partition coefficient (Wildman–Crippen LogP) is 1.76. The Hall–Kier alpha value is -2.74. The maximum absolute atomic E-state index is 13.1. The zero-order valence-electron chi connectivity index (χ0n) is 16.0. The molecule has 29 heavy (non-hydrogen) atoms. The average molecular weight is 397 g/mol. The lowest BCUT2D eigenvalue weighted by atomic mass is 9.82. The number of hydrogen-bond donors (Lipinski definition) is 2. The molecule has 2 aromatic carbocycles. The number of benzene rings is 2. The Labute approximate surface area is 168 Å². The van der Waals surface area contributed by atoms with Gasteiger partial charge in [0.1, 0.15) is 11.5 Å². The highest BCUT2D eigenvalue weighted by molar-refractivity contribution is 6.30. The third-order valence-corrected chi connectivity index (χ3v) is 5.36. The Morgan fingerprint density at radius 3 is 2.34 bits per heavy atom. The molecule has 1 aliphatic carbocycles. The van der Waals surface area contributed by atoms with Crippen molar-refractivity contribution >= 4 is 11.6 Å². The van der Waals surface area contributed by atoms with Gasteiger partial charge in [-0.15, -0.1) is 0 Å².